The number of carbonyl (C=O) groups excluding carboxylic acids is 6. The van der Waals surface area contributed by atoms with Gasteiger partial charge in [0.15, 0.2) is 0 Å². The number of amides is 4. The van der Waals surface area contributed by atoms with E-state index in [-0.39, 0.29) is 39.1 Å². The first-order valence-electron chi connectivity index (χ1n) is 24.7. The second-order valence-corrected chi connectivity index (χ2v) is 21.4. The van der Waals surface area contributed by atoms with Gasteiger partial charge < -0.3 is 59.5 Å². The summed E-state index contributed by atoms with van der Waals surface area (Å²) in [7, 11) is 4.00. The van der Waals surface area contributed by atoms with Crippen molar-refractivity contribution in [2.45, 2.75) is 156 Å². The minimum Gasteiger partial charge on any atom is -0.462 e. The van der Waals surface area contributed by atoms with Gasteiger partial charge in [-0.2, -0.15) is 0 Å². The average Bonchev–Trinajstić information content (AvgIpc) is 3.24. The number of unbranched alkanes of at least 4 members (excludes halogenated alkanes) is 2. The van der Waals surface area contributed by atoms with Crippen molar-refractivity contribution in [2.75, 3.05) is 63.3 Å². The van der Waals surface area contributed by atoms with Gasteiger partial charge in [-0.25, -0.2) is 28.8 Å². The first kappa shape index (κ1) is 61.7. The third-order valence-corrected chi connectivity index (χ3v) is 9.69. The summed E-state index contributed by atoms with van der Waals surface area (Å²) in [5, 5.41) is 10.7. The van der Waals surface area contributed by atoms with Gasteiger partial charge in [0.2, 0.25) is 0 Å². The van der Waals surface area contributed by atoms with Crippen LogP contribution in [-0.2, 0) is 38.0 Å². The molecule has 0 aromatic heterocycles. The van der Waals surface area contributed by atoms with E-state index in [4.69, 9.17) is 28.4 Å². The number of hydrogen-bond acceptors (Lipinski definition) is 14. The van der Waals surface area contributed by atoms with E-state index in [0.717, 1.165) is 22.5 Å². The Morgan fingerprint density at radius 2 is 0.819 bits per heavy atom. The Morgan fingerprint density at radius 1 is 0.486 bits per heavy atom. The van der Waals surface area contributed by atoms with Crippen molar-refractivity contribution in [3.63, 3.8) is 0 Å². The quantitative estimate of drug-likeness (QED) is 0.0316. The van der Waals surface area contributed by atoms with Crippen LogP contribution in [-0.4, -0.2) is 124 Å². The summed E-state index contributed by atoms with van der Waals surface area (Å²) in [5.74, 6) is -1.35. The molecule has 0 fully saturated rings. The third-order valence-electron chi connectivity index (χ3n) is 9.69. The molecule has 2 aromatic rings. The number of anilines is 2. The van der Waals surface area contributed by atoms with Crippen molar-refractivity contribution in [1.82, 2.24) is 21.3 Å². The van der Waals surface area contributed by atoms with Crippen molar-refractivity contribution in [2.24, 2.45) is 0 Å². The van der Waals surface area contributed by atoms with Crippen LogP contribution in [0.2, 0.25) is 0 Å². The lowest BCUT2D eigenvalue weighted by Crippen LogP contribution is -2.45. The van der Waals surface area contributed by atoms with E-state index >= 15 is 0 Å². The number of esters is 2. The average molecular weight is 1010 g/mol. The molecule has 18 nitrogen and oxygen atoms in total. The number of hydrogen-bond donors (Lipinski definition) is 4. The highest BCUT2D eigenvalue weighted by molar-refractivity contribution is 5.82. The minimum atomic E-state index is -1.05. The topological polar surface area (TPSA) is 212 Å². The Kier molecular flexibility index (Phi) is 25.5. The Morgan fingerprint density at radius 3 is 1.15 bits per heavy atom. The van der Waals surface area contributed by atoms with E-state index in [1.807, 2.05) is 72.5 Å². The molecule has 0 heterocycles. The molecule has 0 aliphatic heterocycles. The molecule has 4 N–H and O–H groups in total. The van der Waals surface area contributed by atoms with Gasteiger partial charge in [-0.05, 0) is 157 Å². The van der Waals surface area contributed by atoms with Gasteiger partial charge in [-0.1, -0.05) is 48.6 Å². The summed E-state index contributed by atoms with van der Waals surface area (Å²) >= 11 is 0. The first-order valence-corrected chi connectivity index (χ1v) is 24.7. The molecule has 0 saturated carbocycles. The second-order valence-electron chi connectivity index (χ2n) is 21.4. The maximum atomic E-state index is 13.6. The third kappa shape index (κ3) is 29.0. The summed E-state index contributed by atoms with van der Waals surface area (Å²) in [6, 6.07) is 13.8. The molecule has 2 atom stereocenters. The van der Waals surface area contributed by atoms with Crippen LogP contribution in [0.25, 0.3) is 12.2 Å². The minimum absolute atomic E-state index is 0.0956. The summed E-state index contributed by atoms with van der Waals surface area (Å²) in [5.41, 5.74) is 0.937. The van der Waals surface area contributed by atoms with E-state index in [1.165, 1.54) is 0 Å². The fourth-order valence-corrected chi connectivity index (χ4v) is 6.45. The van der Waals surface area contributed by atoms with Crippen molar-refractivity contribution >= 4 is 59.8 Å². The van der Waals surface area contributed by atoms with Gasteiger partial charge >= 0.3 is 36.3 Å². The zero-order valence-electron chi connectivity index (χ0n) is 45.4. The molecule has 18 heteroatoms. The molecule has 0 radical (unpaired) electrons. The highest BCUT2D eigenvalue weighted by Gasteiger charge is 2.28. The highest BCUT2D eigenvalue weighted by atomic mass is 16.6. The number of rotatable bonds is 25. The van der Waals surface area contributed by atoms with Crippen LogP contribution >= 0.6 is 0 Å². The first-order chi connectivity index (χ1) is 33.5. The Bertz CT molecular complexity index is 1970. The van der Waals surface area contributed by atoms with Gasteiger partial charge in [-0.15, -0.1) is 0 Å². The molecular weight excluding hydrogens is 925 g/mol. The van der Waals surface area contributed by atoms with Crippen LogP contribution in [0.15, 0.2) is 60.7 Å². The number of benzene rings is 2. The molecule has 0 bridgehead atoms. The molecule has 402 valence electrons. The summed E-state index contributed by atoms with van der Waals surface area (Å²) in [4.78, 5) is 81.0. The fourth-order valence-electron chi connectivity index (χ4n) is 6.45. The predicted molar refractivity (Wildman–Crippen MR) is 282 cm³/mol. The lowest BCUT2D eigenvalue weighted by atomic mass is 10.1. The maximum absolute atomic E-state index is 13.6. The molecule has 4 amide bonds. The van der Waals surface area contributed by atoms with Crippen molar-refractivity contribution < 1.29 is 57.2 Å². The number of carbonyl (C=O) groups is 6. The Labute approximate surface area is 428 Å². The molecular formula is C54H84N6O12. The Hall–Kier alpha value is -6.46. The molecule has 2 rings (SSSR count). The van der Waals surface area contributed by atoms with Crippen LogP contribution in [0.4, 0.5) is 30.6 Å². The lowest BCUT2D eigenvalue weighted by molar-refractivity contribution is -0.146. The predicted octanol–water partition coefficient (Wildman–Crippen LogP) is 9.55. The summed E-state index contributed by atoms with van der Waals surface area (Å²) in [6.45, 7) is 21.7. The highest BCUT2D eigenvalue weighted by Crippen LogP contribution is 2.19. The molecule has 0 aliphatic carbocycles. The monoisotopic (exact) mass is 1010 g/mol. The van der Waals surface area contributed by atoms with Gasteiger partial charge in [0, 0.05) is 38.6 Å². The van der Waals surface area contributed by atoms with Gasteiger partial charge in [0.1, 0.15) is 47.7 Å². The molecule has 0 saturated heterocycles. The van der Waals surface area contributed by atoms with E-state index in [2.05, 4.69) is 45.5 Å². The van der Waals surface area contributed by atoms with E-state index in [0.29, 0.717) is 38.8 Å². The van der Waals surface area contributed by atoms with Crippen LogP contribution in [0, 0.1) is 0 Å². The number of ether oxygens (including phenoxy) is 6. The van der Waals surface area contributed by atoms with E-state index in [9.17, 15) is 28.8 Å². The zero-order chi connectivity index (χ0) is 54.1. The molecule has 0 aliphatic rings. The van der Waals surface area contributed by atoms with E-state index < -0.39 is 70.8 Å². The van der Waals surface area contributed by atoms with Crippen LogP contribution < -0.4 is 31.1 Å². The van der Waals surface area contributed by atoms with Gasteiger partial charge in [0.05, 0.1) is 13.1 Å². The standard InChI is InChI=1S/C54H84N6O12/c1-51(2,3)69-47(63)55-33-19-17-23-43(57-49(65)71-53(7,8)9)45(61)67-37-35-60(42-31-27-40(28-32-42)22-16-15-21-39-25-29-41(30-26-39)59(13)14)36-38-68-46(62)44(58-50(66)72-54(10,11)12)24-18-20-34-56-48(64)70-52(4,5)6/h15-16,21-22,25-32,43-44H,17-20,23-24,33-38H2,1-14H3,(H,55,63)(H,56,64)(H,57,65)(H,58,66). The SMILES string of the molecule is CN(C)c1ccc(C=CC=Cc2ccc(N(CCOC(=O)C(CCCCNC(=O)OC(C)(C)C)NC(=O)OC(C)(C)C)CCOC(=O)C(CCCCNC(=O)OC(C)(C)C)NC(=O)OC(C)(C)C)cc2)cc1. The second kappa shape index (κ2) is 29.8. The molecule has 2 aromatic carbocycles. The fraction of sp³-hybridized carbons (Fsp3) is 0.593. The van der Waals surface area contributed by atoms with Crippen LogP contribution in [0.5, 0.6) is 0 Å². The maximum Gasteiger partial charge on any atom is 0.408 e. The Balaban J connectivity index is 2.25. The summed E-state index contributed by atoms with van der Waals surface area (Å²) in [6.07, 6.45) is 7.56. The van der Waals surface area contributed by atoms with Gasteiger partial charge in [-0.3, -0.25) is 0 Å². The lowest BCUT2D eigenvalue weighted by Gasteiger charge is -2.26. The van der Waals surface area contributed by atoms with Crippen molar-refractivity contribution in [3.8, 4) is 0 Å². The summed E-state index contributed by atoms with van der Waals surface area (Å²) < 4.78 is 33.0. The van der Waals surface area contributed by atoms with Crippen LogP contribution in [0.1, 0.15) is 133 Å². The normalized spacial score (nSPS) is 12.8. The largest absolute Gasteiger partial charge is 0.462 e. The smallest absolute Gasteiger partial charge is 0.408 e. The number of allylic oxidation sites excluding steroid dienone is 2. The molecule has 0 spiro atoms. The zero-order valence-corrected chi connectivity index (χ0v) is 45.4. The molecule has 2 unspecified atom stereocenters. The van der Waals surface area contributed by atoms with Gasteiger partial charge in [0.25, 0.3) is 0 Å². The molecule has 72 heavy (non-hydrogen) atoms. The number of nitrogens with zero attached hydrogens (tertiary/aromatic N) is 2. The van der Waals surface area contributed by atoms with Crippen molar-refractivity contribution in [3.05, 3.63) is 71.8 Å². The van der Waals surface area contributed by atoms with Crippen LogP contribution in [0.3, 0.4) is 0 Å². The number of nitrogens with one attached hydrogen (secondary N) is 4. The van der Waals surface area contributed by atoms with Crippen molar-refractivity contribution in [1.29, 1.82) is 0 Å². The van der Waals surface area contributed by atoms with E-state index in [1.54, 1.807) is 83.1 Å². The number of alkyl carbamates (subject to hydrolysis) is 4.